The number of benzene rings is 4. The highest BCUT2D eigenvalue weighted by molar-refractivity contribution is 5.85. The molecule has 6 aliphatic heterocycles. The van der Waals surface area contributed by atoms with E-state index in [2.05, 4.69) is 203 Å². The van der Waals surface area contributed by atoms with E-state index in [9.17, 15) is 14.4 Å². The Labute approximate surface area is 668 Å². The number of nitrogens with zero attached hydrogens (tertiary/aromatic N) is 18. The number of carbonyl (C=O) groups is 3. The fourth-order valence-electron chi connectivity index (χ4n) is 16.5. The first kappa shape index (κ1) is 79.1. The number of fused-ring (bicyclic) bond motifs is 4. The van der Waals surface area contributed by atoms with Crippen LogP contribution in [0, 0.1) is 0 Å². The van der Waals surface area contributed by atoms with Gasteiger partial charge < -0.3 is 60.9 Å². The lowest BCUT2D eigenvalue weighted by Gasteiger charge is -2.36. The van der Waals surface area contributed by atoms with Crippen molar-refractivity contribution in [1.82, 2.24) is 64.8 Å². The number of amides is 1. The Kier molecular flexibility index (Phi) is 26.2. The summed E-state index contributed by atoms with van der Waals surface area (Å²) in [5, 5.41) is 34.4. The van der Waals surface area contributed by atoms with E-state index < -0.39 is 11.6 Å². The number of aromatic nitrogens is 8. The van der Waals surface area contributed by atoms with Gasteiger partial charge in [-0.2, -0.15) is 10.2 Å². The van der Waals surface area contributed by atoms with Gasteiger partial charge in [0.05, 0.1) is 111 Å². The zero-order valence-corrected chi connectivity index (χ0v) is 65.9. The van der Waals surface area contributed by atoms with E-state index in [4.69, 9.17) is 9.84 Å². The third kappa shape index (κ3) is 21.6. The van der Waals surface area contributed by atoms with Gasteiger partial charge in [0.15, 0.2) is 0 Å². The van der Waals surface area contributed by atoms with E-state index in [1.54, 1.807) is 0 Å². The summed E-state index contributed by atoms with van der Waals surface area (Å²) in [6.07, 6.45) is 24.3. The Hall–Kier alpha value is -10.5. The number of carbonyl (C=O) groups excluding carboxylic acids is 2. The van der Waals surface area contributed by atoms with Gasteiger partial charge in [0, 0.05) is 135 Å². The van der Waals surface area contributed by atoms with Gasteiger partial charge in [0.2, 0.25) is 29.7 Å². The van der Waals surface area contributed by atoms with Crippen LogP contribution in [0.5, 0.6) is 0 Å². The van der Waals surface area contributed by atoms with Crippen LogP contribution in [0.25, 0.3) is 0 Å². The van der Waals surface area contributed by atoms with Crippen molar-refractivity contribution in [3.63, 3.8) is 0 Å². The Bertz CT molecular complexity index is 4440. The van der Waals surface area contributed by atoms with Crippen LogP contribution in [-0.4, -0.2) is 256 Å². The number of carboxylic acids is 1. The summed E-state index contributed by atoms with van der Waals surface area (Å²) in [5.41, 5.74) is 17.4. The van der Waals surface area contributed by atoms with Crippen LogP contribution in [0.4, 0.5) is 46.5 Å². The number of anilines is 8. The molecule has 4 fully saturated rings. The minimum atomic E-state index is -0.772. The minimum Gasteiger partial charge on any atom is -0.480 e. The van der Waals surface area contributed by atoms with Crippen molar-refractivity contribution in [2.45, 2.75) is 108 Å². The zero-order valence-electron chi connectivity index (χ0n) is 65.1. The van der Waals surface area contributed by atoms with Crippen LogP contribution in [0.2, 0.25) is 0 Å². The van der Waals surface area contributed by atoms with Crippen LogP contribution >= 0.6 is 12.4 Å². The third-order valence-electron chi connectivity index (χ3n) is 22.5. The summed E-state index contributed by atoms with van der Waals surface area (Å²) in [5.74, 6) is 2.02. The molecule has 113 heavy (non-hydrogen) atoms. The summed E-state index contributed by atoms with van der Waals surface area (Å²) in [6, 6.07) is 35.8. The van der Waals surface area contributed by atoms with Gasteiger partial charge in [-0.1, -0.05) is 97.1 Å². The maximum Gasteiger partial charge on any atom is 0.320 e. The van der Waals surface area contributed by atoms with Crippen LogP contribution in [0.3, 0.4) is 0 Å². The first-order valence-electron chi connectivity index (χ1n) is 39.9. The lowest BCUT2D eigenvalue weighted by molar-refractivity contribution is -0.156. The van der Waals surface area contributed by atoms with Crippen molar-refractivity contribution in [3.8, 4) is 0 Å². The Morgan fingerprint density at radius 3 is 1.04 bits per heavy atom. The number of esters is 1. The van der Waals surface area contributed by atoms with Crippen LogP contribution in [0.1, 0.15) is 71.7 Å². The largest absolute Gasteiger partial charge is 0.480 e. The average Bonchev–Trinajstić information content (AvgIpc) is 1.86. The van der Waals surface area contributed by atoms with Gasteiger partial charge in [0.25, 0.3) is 0 Å². The molecule has 0 atom stereocenters. The summed E-state index contributed by atoms with van der Waals surface area (Å²) in [4.78, 5) is 89.1. The number of ether oxygens (including phenoxy) is 1. The topological polar surface area (TPSA) is 295 Å². The maximum absolute atomic E-state index is 12.8. The monoisotopic (exact) mass is 1550 g/mol. The number of carboxylic acid groups (broad SMARTS) is 1. The van der Waals surface area contributed by atoms with E-state index in [-0.39, 0.29) is 30.8 Å². The fourth-order valence-corrected chi connectivity index (χ4v) is 16.5. The summed E-state index contributed by atoms with van der Waals surface area (Å²) in [7, 11) is 0. The lowest BCUT2D eigenvalue weighted by atomic mass is 10.1. The standard InChI is InChI=1S/C25H30N8O.C23H31N5O2.C19H23N5O2.C17H21N5.ClH/c34-24(33-6-5-20-13-28-30-23(20)16-33)17-31-7-9-32(10-8-31)22-14-26-25(27-15-22)29-21-11-18-3-1-2-4-19(18)12-21;1-23(2,3)30-21(29)16-27-8-10-28(11-9-27)20-14-24-22(25-15-20)26-19-12-17-6-4-5-7-18(17)13-19;25-18(26)13-23-5-7-24(8-6-23)17-11-20-19(21-12-17)22-16-9-14-3-1-2-4-15(14)10-16;1-2-4-14-10-15(9-13(14)3-1)21-17-19-11-16(12-20-17)22-7-5-18-6-8-22;/h1-4,14-15,21H,5-13,16-17H2,(H,26,27,29);4-7,14-15,19H,8-13,16H2,1-3H3,(H,24,25,26);1-4,11-12,16H,5-10,13H2,(H,25,26)(H,20,21,22);1-4,11-12,15,18H,5-10H2,(H,19,20,21);1H. The Morgan fingerprint density at radius 1 is 0.425 bits per heavy atom. The van der Waals surface area contributed by atoms with Gasteiger partial charge in [-0.05, 0) is 129 Å². The molecule has 4 aliphatic carbocycles. The van der Waals surface area contributed by atoms with E-state index in [0.29, 0.717) is 61.6 Å². The second-order valence-electron chi connectivity index (χ2n) is 31.7. The number of nitrogens with one attached hydrogen (secondary N) is 5. The van der Waals surface area contributed by atoms with Crippen LogP contribution in [0.15, 0.2) is 168 Å². The molecule has 0 bridgehead atoms. The second-order valence-corrected chi connectivity index (χ2v) is 31.7. The molecule has 0 spiro atoms. The summed E-state index contributed by atoms with van der Waals surface area (Å²) >= 11 is 0. The van der Waals surface area contributed by atoms with Crippen LogP contribution < -0.4 is 46.2 Å². The van der Waals surface area contributed by atoms with E-state index in [1.807, 2.05) is 80.1 Å². The predicted molar refractivity (Wildman–Crippen MR) is 443 cm³/mol. The van der Waals surface area contributed by atoms with E-state index in [0.717, 1.165) is 210 Å². The average molecular weight is 1550 g/mol. The van der Waals surface area contributed by atoms with E-state index in [1.165, 1.54) is 50.1 Å². The summed E-state index contributed by atoms with van der Waals surface area (Å²) in [6.45, 7) is 22.7. The number of piperazine rings is 4. The SMILES string of the molecule is CC(C)(C)OC(=O)CN1CCN(c2cnc(NC3Cc4ccccc4C3)nc2)CC1.Cl.O=C(CN1CCN(c2cnc(NC3Cc4ccccc4C3)nc2)CC1)N1CCC2=C(C1)N=NC2.O=C(O)CN1CCN(c2cnc(NC3Cc4ccccc4C3)nc2)CC1.c1ccc2c(c1)CC(Nc1ncc(N3CCNCC3)cn1)C2. The highest BCUT2D eigenvalue weighted by Gasteiger charge is 2.31. The predicted octanol–water partition coefficient (Wildman–Crippen LogP) is 7.80. The minimum absolute atomic E-state index is 0. The molecule has 4 aromatic carbocycles. The van der Waals surface area contributed by atoms with Crippen molar-refractivity contribution in [2.75, 3.05) is 185 Å². The number of azo groups is 1. The van der Waals surface area contributed by atoms with Gasteiger partial charge in [-0.3, -0.25) is 29.1 Å². The third-order valence-corrected chi connectivity index (χ3v) is 22.5. The van der Waals surface area contributed by atoms with Crippen molar-refractivity contribution in [3.05, 3.63) is 202 Å². The molecular formula is C84H106ClN23O5. The molecule has 29 heteroatoms. The quantitative estimate of drug-likeness (QED) is 0.0447. The molecular weight excluding hydrogens is 1450 g/mol. The molecule has 1 amide bonds. The van der Waals surface area contributed by atoms with Crippen molar-refractivity contribution >= 4 is 76.8 Å². The highest BCUT2D eigenvalue weighted by Crippen LogP contribution is 2.31. The lowest BCUT2D eigenvalue weighted by Crippen LogP contribution is -2.50. The second kappa shape index (κ2) is 37.4. The van der Waals surface area contributed by atoms with E-state index >= 15 is 0 Å². The number of aliphatic carboxylic acids is 1. The molecule has 10 heterocycles. The molecule has 8 aromatic rings. The first-order valence-corrected chi connectivity index (χ1v) is 39.9. The molecule has 6 N–H and O–H groups in total. The number of hydrogen-bond acceptors (Lipinski definition) is 26. The van der Waals surface area contributed by atoms with Gasteiger partial charge in [-0.15, -0.1) is 12.4 Å². The van der Waals surface area contributed by atoms with Gasteiger partial charge >= 0.3 is 11.9 Å². The molecule has 0 radical (unpaired) electrons. The molecule has 0 unspecified atom stereocenters. The molecule has 28 nitrogen and oxygen atoms in total. The molecule has 10 aliphatic rings. The fraction of sp³-hybridized carbons (Fsp3) is 0.464. The number of rotatable bonds is 18. The zero-order chi connectivity index (χ0) is 76.8. The highest BCUT2D eigenvalue weighted by atomic mass is 35.5. The van der Waals surface area contributed by atoms with Crippen molar-refractivity contribution in [2.24, 2.45) is 10.2 Å². The number of halogens is 1. The molecule has 0 saturated carbocycles. The normalized spacial score (nSPS) is 18.6. The Balaban J connectivity index is 0.000000126. The van der Waals surface area contributed by atoms with Gasteiger partial charge in [-0.25, -0.2) is 39.9 Å². The molecule has 4 aromatic heterocycles. The van der Waals surface area contributed by atoms with Crippen molar-refractivity contribution in [1.29, 1.82) is 0 Å². The summed E-state index contributed by atoms with van der Waals surface area (Å²) < 4.78 is 5.42. The maximum atomic E-state index is 12.8. The first-order chi connectivity index (χ1) is 54.6. The molecule has 18 rings (SSSR count). The molecule has 594 valence electrons. The van der Waals surface area contributed by atoms with Crippen LogP contribution in [-0.2, 0) is 70.5 Å². The van der Waals surface area contributed by atoms with Crippen molar-refractivity contribution < 1.29 is 24.2 Å². The molecule has 4 saturated heterocycles. The number of hydrogen-bond donors (Lipinski definition) is 6. The van der Waals surface area contributed by atoms with Gasteiger partial charge in [0.1, 0.15) is 5.60 Å². The Morgan fingerprint density at radius 2 is 0.726 bits per heavy atom. The smallest absolute Gasteiger partial charge is 0.320 e.